The molecule has 0 aromatic heterocycles. The highest BCUT2D eigenvalue weighted by atomic mass is 16.5. The Morgan fingerprint density at radius 2 is 1.50 bits per heavy atom. The summed E-state index contributed by atoms with van der Waals surface area (Å²) in [7, 11) is 0. The van der Waals surface area contributed by atoms with E-state index in [0.717, 1.165) is 12.1 Å². The second kappa shape index (κ2) is 9.78. The van der Waals surface area contributed by atoms with Gasteiger partial charge in [0, 0.05) is 19.5 Å². The minimum atomic E-state index is -0.307. The largest absolute Gasteiger partial charge is 0.464 e. The SMILES string of the molecule is CC(=O)OCCN(CCOC(C)=O)c1ccc(CCN)cc1. The van der Waals surface area contributed by atoms with Crippen molar-refractivity contribution in [3.8, 4) is 0 Å². The van der Waals surface area contributed by atoms with Crippen LogP contribution < -0.4 is 10.6 Å². The molecule has 0 aliphatic carbocycles. The fraction of sp³-hybridized carbons (Fsp3) is 0.500. The van der Waals surface area contributed by atoms with Gasteiger partial charge in [-0.15, -0.1) is 0 Å². The number of ether oxygens (including phenoxy) is 2. The third-order valence-corrected chi connectivity index (χ3v) is 3.07. The Kier molecular flexibility index (Phi) is 7.99. The standard InChI is InChI=1S/C16H24N2O4/c1-13(19)21-11-9-18(10-12-22-14(2)20)16-5-3-15(4-6-16)7-8-17/h3-6H,7-12,17H2,1-2H3. The van der Waals surface area contributed by atoms with Gasteiger partial charge in [-0.05, 0) is 30.7 Å². The molecule has 122 valence electrons. The molecule has 0 fully saturated rings. The van der Waals surface area contributed by atoms with Gasteiger partial charge < -0.3 is 20.1 Å². The van der Waals surface area contributed by atoms with Crippen LogP contribution in [0.2, 0.25) is 0 Å². The van der Waals surface area contributed by atoms with Gasteiger partial charge in [0.05, 0.1) is 13.1 Å². The van der Waals surface area contributed by atoms with E-state index in [1.807, 2.05) is 29.2 Å². The Hall–Kier alpha value is -2.08. The van der Waals surface area contributed by atoms with Crippen LogP contribution in [0.25, 0.3) is 0 Å². The number of benzene rings is 1. The maximum atomic E-state index is 10.9. The van der Waals surface area contributed by atoms with Crippen LogP contribution in [-0.2, 0) is 25.5 Å². The molecule has 0 unspecified atom stereocenters. The average Bonchev–Trinajstić information content (AvgIpc) is 2.46. The van der Waals surface area contributed by atoms with Crippen molar-refractivity contribution in [2.75, 3.05) is 37.7 Å². The fourth-order valence-corrected chi connectivity index (χ4v) is 2.01. The Labute approximate surface area is 131 Å². The summed E-state index contributed by atoms with van der Waals surface area (Å²) in [5, 5.41) is 0. The molecule has 1 rings (SSSR count). The highest BCUT2D eigenvalue weighted by Gasteiger charge is 2.08. The van der Waals surface area contributed by atoms with E-state index in [1.54, 1.807) is 0 Å². The minimum Gasteiger partial charge on any atom is -0.464 e. The zero-order valence-corrected chi connectivity index (χ0v) is 13.2. The first-order valence-electron chi connectivity index (χ1n) is 7.33. The highest BCUT2D eigenvalue weighted by molar-refractivity contribution is 5.66. The van der Waals surface area contributed by atoms with Crippen molar-refractivity contribution in [1.82, 2.24) is 0 Å². The lowest BCUT2D eigenvalue weighted by molar-refractivity contribution is -0.141. The van der Waals surface area contributed by atoms with Crippen LogP contribution in [0.1, 0.15) is 19.4 Å². The molecule has 0 heterocycles. The molecule has 0 aliphatic heterocycles. The van der Waals surface area contributed by atoms with Gasteiger partial charge in [-0.2, -0.15) is 0 Å². The van der Waals surface area contributed by atoms with Crippen molar-refractivity contribution in [2.45, 2.75) is 20.3 Å². The Morgan fingerprint density at radius 3 is 1.91 bits per heavy atom. The van der Waals surface area contributed by atoms with Gasteiger partial charge in [-0.25, -0.2) is 0 Å². The van der Waals surface area contributed by atoms with Crippen molar-refractivity contribution in [2.24, 2.45) is 5.73 Å². The van der Waals surface area contributed by atoms with Gasteiger partial charge in [0.2, 0.25) is 0 Å². The zero-order chi connectivity index (χ0) is 16.4. The molecule has 1 aromatic rings. The molecule has 22 heavy (non-hydrogen) atoms. The molecule has 0 aliphatic rings. The molecular weight excluding hydrogens is 284 g/mol. The van der Waals surface area contributed by atoms with Crippen molar-refractivity contribution in [3.05, 3.63) is 29.8 Å². The van der Waals surface area contributed by atoms with Gasteiger partial charge in [0.1, 0.15) is 13.2 Å². The minimum absolute atomic E-state index is 0.292. The number of carbonyl (C=O) groups excluding carboxylic acids is 2. The summed E-state index contributed by atoms with van der Waals surface area (Å²) in [6.45, 7) is 5.03. The van der Waals surface area contributed by atoms with Crippen LogP contribution in [0.5, 0.6) is 0 Å². The third kappa shape index (κ3) is 7.08. The van der Waals surface area contributed by atoms with Crippen molar-refractivity contribution in [3.63, 3.8) is 0 Å². The van der Waals surface area contributed by atoms with Gasteiger partial charge in [0.15, 0.2) is 0 Å². The lowest BCUT2D eigenvalue weighted by atomic mass is 10.1. The Balaban J connectivity index is 2.65. The summed E-state index contributed by atoms with van der Waals surface area (Å²) in [5.41, 5.74) is 7.70. The van der Waals surface area contributed by atoms with Gasteiger partial charge >= 0.3 is 11.9 Å². The first-order valence-corrected chi connectivity index (χ1v) is 7.33. The van der Waals surface area contributed by atoms with E-state index in [-0.39, 0.29) is 11.9 Å². The van der Waals surface area contributed by atoms with Crippen molar-refractivity contribution >= 4 is 17.6 Å². The lowest BCUT2D eigenvalue weighted by Crippen LogP contribution is -2.31. The van der Waals surface area contributed by atoms with E-state index in [0.29, 0.717) is 32.8 Å². The van der Waals surface area contributed by atoms with Crippen LogP contribution in [0.4, 0.5) is 5.69 Å². The van der Waals surface area contributed by atoms with Gasteiger partial charge in [0.25, 0.3) is 0 Å². The third-order valence-electron chi connectivity index (χ3n) is 3.07. The number of nitrogens with two attached hydrogens (primary N) is 1. The average molecular weight is 308 g/mol. The fourth-order valence-electron chi connectivity index (χ4n) is 2.01. The molecule has 0 saturated heterocycles. The van der Waals surface area contributed by atoms with E-state index in [2.05, 4.69) is 0 Å². The van der Waals surface area contributed by atoms with Crippen LogP contribution in [0.15, 0.2) is 24.3 Å². The lowest BCUT2D eigenvalue weighted by Gasteiger charge is -2.24. The number of carbonyl (C=O) groups is 2. The summed E-state index contributed by atoms with van der Waals surface area (Å²) in [4.78, 5) is 23.7. The molecule has 2 N–H and O–H groups in total. The second-order valence-corrected chi connectivity index (χ2v) is 4.87. The van der Waals surface area contributed by atoms with Gasteiger partial charge in [-0.1, -0.05) is 12.1 Å². The highest BCUT2D eigenvalue weighted by Crippen LogP contribution is 2.15. The molecular formula is C16H24N2O4. The predicted octanol–water partition coefficient (Wildman–Crippen LogP) is 1.12. The molecule has 0 atom stereocenters. The van der Waals surface area contributed by atoms with Crippen LogP contribution >= 0.6 is 0 Å². The van der Waals surface area contributed by atoms with E-state index in [9.17, 15) is 9.59 Å². The first kappa shape index (κ1) is 18.0. The topological polar surface area (TPSA) is 81.9 Å². The molecule has 6 nitrogen and oxygen atoms in total. The van der Waals surface area contributed by atoms with Crippen LogP contribution in [-0.4, -0.2) is 44.8 Å². The summed E-state index contributed by atoms with van der Waals surface area (Å²) >= 11 is 0. The molecule has 6 heteroatoms. The molecule has 0 amide bonds. The van der Waals surface area contributed by atoms with E-state index in [1.165, 1.54) is 19.4 Å². The maximum absolute atomic E-state index is 10.9. The first-order chi connectivity index (χ1) is 10.5. The number of hydrogen-bond acceptors (Lipinski definition) is 6. The normalized spacial score (nSPS) is 10.1. The number of anilines is 1. The summed E-state index contributed by atoms with van der Waals surface area (Å²) in [6.07, 6.45) is 0.834. The van der Waals surface area contributed by atoms with Gasteiger partial charge in [-0.3, -0.25) is 9.59 Å². The van der Waals surface area contributed by atoms with E-state index in [4.69, 9.17) is 15.2 Å². The predicted molar refractivity (Wildman–Crippen MR) is 84.7 cm³/mol. The molecule has 0 bridgehead atoms. The molecule has 0 radical (unpaired) electrons. The molecule has 0 spiro atoms. The summed E-state index contributed by atoms with van der Waals surface area (Å²) in [6, 6.07) is 8.03. The Bertz CT molecular complexity index is 454. The zero-order valence-electron chi connectivity index (χ0n) is 13.2. The van der Waals surface area contributed by atoms with Crippen LogP contribution in [0.3, 0.4) is 0 Å². The van der Waals surface area contributed by atoms with Crippen molar-refractivity contribution < 1.29 is 19.1 Å². The monoisotopic (exact) mass is 308 g/mol. The summed E-state index contributed by atoms with van der Waals surface area (Å²) in [5.74, 6) is -0.614. The molecule has 1 aromatic carbocycles. The molecule has 0 saturated carbocycles. The smallest absolute Gasteiger partial charge is 0.302 e. The Morgan fingerprint density at radius 1 is 1.00 bits per heavy atom. The quantitative estimate of drug-likeness (QED) is 0.688. The summed E-state index contributed by atoms with van der Waals surface area (Å²) < 4.78 is 9.96. The maximum Gasteiger partial charge on any atom is 0.302 e. The van der Waals surface area contributed by atoms with E-state index >= 15 is 0 Å². The van der Waals surface area contributed by atoms with Crippen molar-refractivity contribution in [1.29, 1.82) is 0 Å². The van der Waals surface area contributed by atoms with Crippen LogP contribution in [0, 0.1) is 0 Å². The number of hydrogen-bond donors (Lipinski definition) is 1. The number of esters is 2. The number of rotatable bonds is 9. The second-order valence-electron chi connectivity index (χ2n) is 4.87. The van der Waals surface area contributed by atoms with E-state index < -0.39 is 0 Å². The number of nitrogens with zero attached hydrogens (tertiary/aromatic N) is 1.